The topological polar surface area (TPSA) is 75.4 Å². The van der Waals surface area contributed by atoms with E-state index in [9.17, 15) is 9.59 Å². The quantitative estimate of drug-likeness (QED) is 0.807. The predicted molar refractivity (Wildman–Crippen MR) is 95.1 cm³/mol. The van der Waals surface area contributed by atoms with Crippen molar-refractivity contribution in [3.63, 3.8) is 0 Å². The number of piperidine rings is 1. The zero-order chi connectivity index (χ0) is 16.1. The number of ketones is 1. The summed E-state index contributed by atoms with van der Waals surface area (Å²) in [7, 11) is 0. The average molecular weight is 340 g/mol. The molecule has 128 valence electrons. The van der Waals surface area contributed by atoms with Crippen molar-refractivity contribution in [1.82, 2.24) is 4.90 Å². The predicted octanol–water partition coefficient (Wildman–Crippen LogP) is 2.31. The third kappa shape index (κ3) is 5.30. The number of amides is 1. The smallest absolute Gasteiger partial charge is 0.238 e. The van der Waals surface area contributed by atoms with Crippen molar-refractivity contribution in [3.8, 4) is 0 Å². The molecule has 0 aliphatic carbocycles. The number of para-hydroxylation sites is 1. The SMILES string of the molecule is CC(=O)c1ccccc1NC(=O)CN1CCC(C)CC1CN.Cl. The van der Waals surface area contributed by atoms with Crippen molar-refractivity contribution in [2.75, 3.05) is 25.0 Å². The number of benzene rings is 1. The lowest BCUT2D eigenvalue weighted by Crippen LogP contribution is -2.49. The van der Waals surface area contributed by atoms with Crippen molar-refractivity contribution in [1.29, 1.82) is 0 Å². The van der Waals surface area contributed by atoms with Crippen molar-refractivity contribution in [3.05, 3.63) is 29.8 Å². The van der Waals surface area contributed by atoms with Gasteiger partial charge in [0.2, 0.25) is 5.91 Å². The van der Waals surface area contributed by atoms with Crippen LogP contribution in [0.2, 0.25) is 0 Å². The normalized spacial score (nSPS) is 21.3. The first kappa shape index (κ1) is 19.6. The first-order chi connectivity index (χ1) is 10.5. The minimum Gasteiger partial charge on any atom is -0.329 e. The van der Waals surface area contributed by atoms with E-state index < -0.39 is 0 Å². The summed E-state index contributed by atoms with van der Waals surface area (Å²) in [6.45, 7) is 5.51. The molecular formula is C17H26ClN3O2. The zero-order valence-electron chi connectivity index (χ0n) is 13.7. The van der Waals surface area contributed by atoms with E-state index in [1.165, 1.54) is 6.92 Å². The highest BCUT2D eigenvalue weighted by atomic mass is 35.5. The highest BCUT2D eigenvalue weighted by Crippen LogP contribution is 2.22. The van der Waals surface area contributed by atoms with E-state index in [1.54, 1.807) is 18.2 Å². The van der Waals surface area contributed by atoms with Gasteiger partial charge in [0.1, 0.15) is 0 Å². The number of nitrogens with two attached hydrogens (primary N) is 1. The van der Waals surface area contributed by atoms with Crippen LogP contribution in [-0.2, 0) is 4.79 Å². The lowest BCUT2D eigenvalue weighted by molar-refractivity contribution is -0.118. The van der Waals surface area contributed by atoms with Gasteiger partial charge < -0.3 is 11.1 Å². The van der Waals surface area contributed by atoms with Crippen molar-refractivity contribution < 1.29 is 9.59 Å². The van der Waals surface area contributed by atoms with Crippen LogP contribution in [0, 0.1) is 5.92 Å². The van der Waals surface area contributed by atoms with Crippen LogP contribution in [0.3, 0.4) is 0 Å². The number of anilines is 1. The molecule has 2 atom stereocenters. The highest BCUT2D eigenvalue weighted by Gasteiger charge is 2.26. The molecule has 1 aromatic carbocycles. The Kier molecular flexibility index (Phi) is 7.68. The van der Waals surface area contributed by atoms with E-state index >= 15 is 0 Å². The number of carbonyl (C=O) groups is 2. The van der Waals surface area contributed by atoms with Gasteiger partial charge in [0.05, 0.1) is 12.2 Å². The van der Waals surface area contributed by atoms with Gasteiger partial charge in [-0.3, -0.25) is 14.5 Å². The number of nitrogens with zero attached hydrogens (tertiary/aromatic N) is 1. The van der Waals surface area contributed by atoms with E-state index in [0.717, 1.165) is 19.4 Å². The van der Waals surface area contributed by atoms with Crippen LogP contribution >= 0.6 is 12.4 Å². The summed E-state index contributed by atoms with van der Waals surface area (Å²) in [5, 5.41) is 2.85. The maximum Gasteiger partial charge on any atom is 0.238 e. The van der Waals surface area contributed by atoms with Gasteiger partial charge in [0.25, 0.3) is 0 Å². The second kappa shape index (κ2) is 9.01. The summed E-state index contributed by atoms with van der Waals surface area (Å²) in [5.41, 5.74) is 6.95. The molecule has 1 amide bonds. The van der Waals surface area contributed by atoms with Gasteiger partial charge >= 0.3 is 0 Å². The number of Topliss-reactive ketones (excluding diaryl/α,β-unsaturated/α-hetero) is 1. The summed E-state index contributed by atoms with van der Waals surface area (Å²) >= 11 is 0. The highest BCUT2D eigenvalue weighted by molar-refractivity contribution is 6.04. The molecular weight excluding hydrogens is 314 g/mol. The number of halogens is 1. The van der Waals surface area contributed by atoms with Gasteiger partial charge in [-0.05, 0) is 44.4 Å². The third-order valence-electron chi connectivity index (χ3n) is 4.30. The molecule has 0 spiro atoms. The Morgan fingerprint density at radius 1 is 1.35 bits per heavy atom. The monoisotopic (exact) mass is 339 g/mol. The van der Waals surface area contributed by atoms with Gasteiger partial charge in [0, 0.05) is 18.2 Å². The van der Waals surface area contributed by atoms with Crippen LogP contribution in [0.15, 0.2) is 24.3 Å². The summed E-state index contributed by atoms with van der Waals surface area (Å²) < 4.78 is 0. The molecule has 6 heteroatoms. The fourth-order valence-electron chi connectivity index (χ4n) is 3.03. The zero-order valence-corrected chi connectivity index (χ0v) is 14.6. The Hall–Kier alpha value is -1.43. The van der Waals surface area contributed by atoms with Crippen LogP contribution in [0.1, 0.15) is 37.0 Å². The maximum atomic E-state index is 12.3. The molecule has 0 saturated carbocycles. The third-order valence-corrected chi connectivity index (χ3v) is 4.30. The van der Waals surface area contributed by atoms with Crippen molar-refractivity contribution in [2.24, 2.45) is 11.7 Å². The Bertz CT molecular complexity index is 550. The fraction of sp³-hybridized carbons (Fsp3) is 0.529. The maximum absolute atomic E-state index is 12.3. The Balaban J connectivity index is 0.00000264. The van der Waals surface area contributed by atoms with E-state index in [4.69, 9.17) is 5.73 Å². The number of rotatable bonds is 5. The lowest BCUT2D eigenvalue weighted by atomic mass is 9.92. The number of hydrogen-bond acceptors (Lipinski definition) is 4. The molecule has 5 nitrogen and oxygen atoms in total. The molecule has 1 fully saturated rings. The summed E-state index contributed by atoms with van der Waals surface area (Å²) in [5.74, 6) is 0.510. The minimum atomic E-state index is -0.0956. The molecule has 0 radical (unpaired) electrons. The largest absolute Gasteiger partial charge is 0.329 e. The molecule has 3 N–H and O–H groups in total. The van der Waals surface area contributed by atoms with Crippen LogP contribution in [0.4, 0.5) is 5.69 Å². The van der Waals surface area contributed by atoms with E-state index in [1.807, 2.05) is 6.07 Å². The summed E-state index contributed by atoms with van der Waals surface area (Å²) in [6, 6.07) is 7.35. The minimum absolute atomic E-state index is 0. The second-order valence-corrected chi connectivity index (χ2v) is 6.14. The first-order valence-corrected chi connectivity index (χ1v) is 7.85. The van der Waals surface area contributed by atoms with Crippen molar-refractivity contribution in [2.45, 2.75) is 32.7 Å². The Morgan fingerprint density at radius 2 is 2.04 bits per heavy atom. The van der Waals surface area contributed by atoms with Crippen LogP contribution in [0.25, 0.3) is 0 Å². The number of carbonyl (C=O) groups excluding carboxylic acids is 2. The number of likely N-dealkylation sites (tertiary alicyclic amines) is 1. The van der Waals surface area contributed by atoms with Crippen LogP contribution in [0.5, 0.6) is 0 Å². The molecule has 1 saturated heterocycles. The van der Waals surface area contributed by atoms with Gasteiger partial charge in [-0.2, -0.15) is 0 Å². The Morgan fingerprint density at radius 3 is 2.70 bits per heavy atom. The number of hydrogen-bond donors (Lipinski definition) is 2. The van der Waals surface area contributed by atoms with E-state index in [0.29, 0.717) is 30.3 Å². The molecule has 1 aliphatic rings. The standard InChI is InChI=1S/C17H25N3O2.ClH/c1-12-7-8-20(14(9-12)10-18)11-17(22)19-16-6-4-3-5-15(16)13(2)21;/h3-6,12,14H,7-11,18H2,1-2H3,(H,19,22);1H. The summed E-state index contributed by atoms with van der Waals surface area (Å²) in [6.07, 6.45) is 2.13. The van der Waals surface area contributed by atoms with E-state index in [-0.39, 0.29) is 30.1 Å². The molecule has 2 unspecified atom stereocenters. The molecule has 1 aliphatic heterocycles. The van der Waals surface area contributed by atoms with Gasteiger partial charge in [-0.1, -0.05) is 19.1 Å². The van der Waals surface area contributed by atoms with Gasteiger partial charge in [-0.15, -0.1) is 12.4 Å². The fourth-order valence-corrected chi connectivity index (χ4v) is 3.03. The van der Waals surface area contributed by atoms with Crippen LogP contribution in [-0.4, -0.2) is 42.3 Å². The molecule has 1 heterocycles. The first-order valence-electron chi connectivity index (χ1n) is 7.85. The van der Waals surface area contributed by atoms with Gasteiger partial charge in [0.15, 0.2) is 5.78 Å². The van der Waals surface area contributed by atoms with Gasteiger partial charge in [-0.25, -0.2) is 0 Å². The molecule has 0 aromatic heterocycles. The molecule has 23 heavy (non-hydrogen) atoms. The molecule has 1 aromatic rings. The second-order valence-electron chi connectivity index (χ2n) is 6.14. The average Bonchev–Trinajstić information content (AvgIpc) is 2.49. The number of nitrogens with one attached hydrogen (secondary N) is 1. The van der Waals surface area contributed by atoms with Crippen LogP contribution < -0.4 is 11.1 Å². The van der Waals surface area contributed by atoms with E-state index in [2.05, 4.69) is 17.1 Å². The van der Waals surface area contributed by atoms with Crippen molar-refractivity contribution >= 4 is 29.8 Å². The molecule has 0 bridgehead atoms. The lowest BCUT2D eigenvalue weighted by Gasteiger charge is -2.37. The Labute approximate surface area is 144 Å². The molecule has 2 rings (SSSR count). The summed E-state index contributed by atoms with van der Waals surface area (Å²) in [4.78, 5) is 26.0.